The Morgan fingerprint density at radius 3 is 2.65 bits per heavy atom. The van der Waals surface area contributed by atoms with Crippen molar-refractivity contribution in [1.29, 1.82) is 0 Å². The number of nitrogens with two attached hydrogens (primary N) is 1. The predicted molar refractivity (Wildman–Crippen MR) is 71.0 cm³/mol. The molecule has 1 aromatic heterocycles. The van der Waals surface area contributed by atoms with E-state index in [0.29, 0.717) is 5.92 Å². The minimum absolute atomic E-state index is 0.543. The number of hydrogen-bond donors (Lipinski definition) is 1. The molecule has 0 saturated heterocycles. The highest BCUT2D eigenvalue weighted by Crippen LogP contribution is 2.23. The third-order valence-corrected chi connectivity index (χ3v) is 3.47. The molecule has 2 rings (SSSR count). The number of pyridine rings is 1. The van der Waals surface area contributed by atoms with Crippen molar-refractivity contribution in [3.05, 3.63) is 30.1 Å². The van der Waals surface area contributed by atoms with E-state index in [-0.39, 0.29) is 0 Å². The summed E-state index contributed by atoms with van der Waals surface area (Å²) in [5.74, 6) is 1.42. The van der Waals surface area contributed by atoms with E-state index in [1.54, 1.807) is 0 Å². The van der Waals surface area contributed by atoms with Crippen LogP contribution < -0.4 is 5.73 Å². The molecule has 1 fully saturated rings. The van der Waals surface area contributed by atoms with Crippen LogP contribution in [0, 0.1) is 5.92 Å². The van der Waals surface area contributed by atoms with E-state index in [4.69, 9.17) is 5.73 Å². The number of nitrogens with zero attached hydrogens (tertiary/aromatic N) is 2. The molecular formula is C14H21N3. The molecule has 0 unspecified atom stereocenters. The van der Waals surface area contributed by atoms with Crippen molar-refractivity contribution in [1.82, 2.24) is 4.98 Å². The summed E-state index contributed by atoms with van der Waals surface area (Å²) in [4.78, 5) is 8.52. The lowest BCUT2D eigenvalue weighted by atomic mass is 9.88. The molecule has 1 aliphatic carbocycles. The van der Waals surface area contributed by atoms with Gasteiger partial charge in [-0.1, -0.05) is 19.3 Å². The molecule has 0 aromatic carbocycles. The van der Waals surface area contributed by atoms with E-state index in [1.807, 2.05) is 24.5 Å². The minimum Gasteiger partial charge on any atom is -0.387 e. The first kappa shape index (κ1) is 12.1. The van der Waals surface area contributed by atoms with Crippen LogP contribution in [-0.2, 0) is 6.42 Å². The fraction of sp³-hybridized carbons (Fsp3) is 0.571. The summed E-state index contributed by atoms with van der Waals surface area (Å²) in [5.41, 5.74) is 7.33. The van der Waals surface area contributed by atoms with Gasteiger partial charge in [0.1, 0.15) is 0 Å². The second-order valence-electron chi connectivity index (χ2n) is 4.75. The van der Waals surface area contributed by atoms with E-state index < -0.39 is 0 Å². The fourth-order valence-corrected chi connectivity index (χ4v) is 2.39. The highest BCUT2D eigenvalue weighted by molar-refractivity contribution is 5.82. The van der Waals surface area contributed by atoms with Gasteiger partial charge in [0.2, 0.25) is 0 Å². The average molecular weight is 231 g/mol. The Morgan fingerprint density at radius 2 is 1.94 bits per heavy atom. The van der Waals surface area contributed by atoms with Crippen LogP contribution in [0.1, 0.15) is 37.7 Å². The number of aliphatic imine (C=N–C) groups is 1. The Hall–Kier alpha value is -1.38. The molecule has 3 heteroatoms. The molecule has 0 amide bonds. The molecule has 0 radical (unpaired) electrons. The van der Waals surface area contributed by atoms with Gasteiger partial charge >= 0.3 is 0 Å². The van der Waals surface area contributed by atoms with Crippen LogP contribution in [0.2, 0.25) is 0 Å². The first-order chi connectivity index (χ1) is 8.36. The molecule has 0 aliphatic heterocycles. The van der Waals surface area contributed by atoms with Gasteiger partial charge in [-0.05, 0) is 37.0 Å². The van der Waals surface area contributed by atoms with Crippen molar-refractivity contribution in [3.63, 3.8) is 0 Å². The normalized spacial score (nSPS) is 18.2. The van der Waals surface area contributed by atoms with Crippen LogP contribution in [0.5, 0.6) is 0 Å². The number of hydrogen-bond acceptors (Lipinski definition) is 2. The molecule has 1 heterocycles. The quantitative estimate of drug-likeness (QED) is 0.639. The average Bonchev–Trinajstić information content (AvgIpc) is 2.41. The summed E-state index contributed by atoms with van der Waals surface area (Å²) in [5, 5.41) is 0. The summed E-state index contributed by atoms with van der Waals surface area (Å²) in [6, 6.07) is 4.07. The predicted octanol–water partition coefficient (Wildman–Crippen LogP) is 2.56. The van der Waals surface area contributed by atoms with Gasteiger partial charge in [0.15, 0.2) is 0 Å². The zero-order valence-electron chi connectivity index (χ0n) is 10.3. The van der Waals surface area contributed by atoms with Gasteiger partial charge in [-0.3, -0.25) is 9.98 Å². The highest BCUT2D eigenvalue weighted by Gasteiger charge is 2.16. The van der Waals surface area contributed by atoms with E-state index in [0.717, 1.165) is 18.8 Å². The van der Waals surface area contributed by atoms with Crippen molar-refractivity contribution in [2.75, 3.05) is 6.54 Å². The Labute approximate surface area is 103 Å². The van der Waals surface area contributed by atoms with Crippen LogP contribution in [0.15, 0.2) is 29.5 Å². The second kappa shape index (κ2) is 6.38. The fourth-order valence-electron chi connectivity index (χ4n) is 2.39. The second-order valence-corrected chi connectivity index (χ2v) is 4.75. The van der Waals surface area contributed by atoms with Gasteiger partial charge < -0.3 is 5.73 Å². The molecule has 92 valence electrons. The molecule has 17 heavy (non-hydrogen) atoms. The Bertz CT molecular complexity index is 353. The standard InChI is InChI=1S/C14H21N3/c15-14(13-4-2-1-3-5-13)17-11-8-12-6-9-16-10-7-12/h6-7,9-10,13H,1-5,8,11H2,(H2,15,17). The molecule has 3 nitrogen and oxygen atoms in total. The highest BCUT2D eigenvalue weighted by atomic mass is 14.9. The van der Waals surface area contributed by atoms with Crippen LogP contribution in [-0.4, -0.2) is 17.4 Å². The molecule has 2 N–H and O–H groups in total. The maximum Gasteiger partial charge on any atom is 0.0968 e. The monoisotopic (exact) mass is 231 g/mol. The van der Waals surface area contributed by atoms with E-state index in [2.05, 4.69) is 9.98 Å². The van der Waals surface area contributed by atoms with Crippen molar-refractivity contribution in [2.24, 2.45) is 16.6 Å². The summed E-state index contributed by atoms with van der Waals surface area (Å²) in [6.45, 7) is 0.798. The molecule has 1 aromatic rings. The number of rotatable bonds is 4. The summed E-state index contributed by atoms with van der Waals surface area (Å²) in [6.07, 6.45) is 11.0. The largest absolute Gasteiger partial charge is 0.387 e. The summed E-state index contributed by atoms with van der Waals surface area (Å²) in [7, 11) is 0. The van der Waals surface area contributed by atoms with Crippen molar-refractivity contribution < 1.29 is 0 Å². The van der Waals surface area contributed by atoms with Gasteiger partial charge in [-0.25, -0.2) is 0 Å². The van der Waals surface area contributed by atoms with Gasteiger partial charge in [0.25, 0.3) is 0 Å². The molecule has 1 aliphatic rings. The first-order valence-electron chi connectivity index (χ1n) is 6.55. The lowest BCUT2D eigenvalue weighted by molar-refractivity contribution is 0.436. The number of aromatic nitrogens is 1. The lowest BCUT2D eigenvalue weighted by Crippen LogP contribution is -2.26. The Morgan fingerprint density at radius 1 is 1.24 bits per heavy atom. The van der Waals surface area contributed by atoms with E-state index in [9.17, 15) is 0 Å². The van der Waals surface area contributed by atoms with E-state index in [1.165, 1.54) is 37.7 Å². The molecule has 1 saturated carbocycles. The van der Waals surface area contributed by atoms with Gasteiger partial charge in [0, 0.05) is 24.9 Å². The minimum atomic E-state index is 0.543. The summed E-state index contributed by atoms with van der Waals surface area (Å²) < 4.78 is 0. The van der Waals surface area contributed by atoms with Crippen LogP contribution >= 0.6 is 0 Å². The topological polar surface area (TPSA) is 51.3 Å². The van der Waals surface area contributed by atoms with Crippen molar-refractivity contribution in [3.8, 4) is 0 Å². The molecule has 0 bridgehead atoms. The lowest BCUT2D eigenvalue weighted by Gasteiger charge is -2.20. The third-order valence-electron chi connectivity index (χ3n) is 3.47. The molecule has 0 atom stereocenters. The van der Waals surface area contributed by atoms with Crippen LogP contribution in [0.3, 0.4) is 0 Å². The summed E-state index contributed by atoms with van der Waals surface area (Å²) >= 11 is 0. The molecular weight excluding hydrogens is 210 g/mol. The maximum atomic E-state index is 6.05. The number of amidine groups is 1. The zero-order chi connectivity index (χ0) is 11.9. The van der Waals surface area contributed by atoms with Crippen molar-refractivity contribution >= 4 is 5.84 Å². The Balaban J connectivity index is 1.79. The third kappa shape index (κ3) is 3.84. The maximum absolute atomic E-state index is 6.05. The zero-order valence-corrected chi connectivity index (χ0v) is 10.3. The molecule has 0 spiro atoms. The van der Waals surface area contributed by atoms with Gasteiger partial charge in [-0.2, -0.15) is 0 Å². The van der Waals surface area contributed by atoms with Gasteiger partial charge in [0.05, 0.1) is 5.84 Å². The van der Waals surface area contributed by atoms with Crippen LogP contribution in [0.25, 0.3) is 0 Å². The van der Waals surface area contributed by atoms with Crippen LogP contribution in [0.4, 0.5) is 0 Å². The van der Waals surface area contributed by atoms with E-state index >= 15 is 0 Å². The Kier molecular flexibility index (Phi) is 4.54. The SMILES string of the molecule is NC(=NCCc1ccncc1)C1CCCCC1. The van der Waals surface area contributed by atoms with Crippen molar-refractivity contribution in [2.45, 2.75) is 38.5 Å². The first-order valence-corrected chi connectivity index (χ1v) is 6.55. The smallest absolute Gasteiger partial charge is 0.0968 e. The van der Waals surface area contributed by atoms with Gasteiger partial charge in [-0.15, -0.1) is 0 Å².